The Kier molecular flexibility index (Phi) is 3.09. The summed E-state index contributed by atoms with van der Waals surface area (Å²) in [6.45, 7) is 2.82. The number of nitrogens with two attached hydrogens (primary N) is 1. The van der Waals surface area contributed by atoms with Gasteiger partial charge in [0.2, 0.25) is 0 Å². The quantitative estimate of drug-likeness (QED) is 0.711. The smallest absolute Gasteiger partial charge is 0.0494 e. The first-order chi connectivity index (χ1) is 9.24. The highest BCUT2D eigenvalue weighted by molar-refractivity contribution is 7.09. The predicted molar refractivity (Wildman–Crippen MR) is 82.5 cm³/mol. The molecule has 0 aliphatic carbocycles. The van der Waals surface area contributed by atoms with Gasteiger partial charge in [0.25, 0.3) is 0 Å². The highest BCUT2D eigenvalue weighted by Crippen LogP contribution is 2.28. The van der Waals surface area contributed by atoms with E-state index in [1.54, 1.807) is 11.3 Å². The van der Waals surface area contributed by atoms with Crippen LogP contribution in [0.25, 0.3) is 10.8 Å². The maximum Gasteiger partial charge on any atom is 0.0494 e. The van der Waals surface area contributed by atoms with Crippen molar-refractivity contribution in [2.75, 3.05) is 11.1 Å². The maximum atomic E-state index is 6.00. The zero-order chi connectivity index (χ0) is 13.2. The van der Waals surface area contributed by atoms with Crippen LogP contribution in [0.15, 0.2) is 41.9 Å². The van der Waals surface area contributed by atoms with E-state index in [1.165, 1.54) is 4.88 Å². The normalized spacial score (nSPS) is 10.8. The molecule has 96 valence electrons. The molecular formula is C15H15N3S. The number of benzene rings is 1. The number of nitrogens with one attached hydrogen (secondary N) is 1. The average Bonchev–Trinajstić information content (AvgIpc) is 2.91. The molecule has 19 heavy (non-hydrogen) atoms. The monoisotopic (exact) mass is 269 g/mol. The van der Waals surface area contributed by atoms with Crippen LogP contribution in [0.4, 0.5) is 11.4 Å². The third-order valence-electron chi connectivity index (χ3n) is 3.10. The largest absolute Gasteiger partial charge is 0.398 e. The average molecular weight is 269 g/mol. The molecule has 1 aromatic carbocycles. The van der Waals surface area contributed by atoms with Gasteiger partial charge in [-0.3, -0.25) is 4.98 Å². The van der Waals surface area contributed by atoms with E-state index < -0.39 is 0 Å². The third-order valence-corrected chi connectivity index (χ3v) is 3.98. The summed E-state index contributed by atoms with van der Waals surface area (Å²) in [5.74, 6) is 0. The number of aryl methyl sites for hydroxylation is 1. The highest BCUT2D eigenvalue weighted by Gasteiger charge is 2.05. The van der Waals surface area contributed by atoms with Crippen molar-refractivity contribution in [3.05, 3.63) is 52.5 Å². The lowest BCUT2D eigenvalue weighted by Gasteiger charge is -2.11. The number of fused-ring (bicyclic) bond motifs is 1. The first-order valence-electron chi connectivity index (χ1n) is 6.15. The summed E-state index contributed by atoms with van der Waals surface area (Å²) in [7, 11) is 0. The van der Waals surface area contributed by atoms with Crippen LogP contribution in [0.2, 0.25) is 0 Å². The van der Waals surface area contributed by atoms with Crippen molar-refractivity contribution in [3.8, 4) is 0 Å². The zero-order valence-corrected chi connectivity index (χ0v) is 11.5. The molecule has 3 aromatic rings. The molecule has 0 aliphatic heterocycles. The van der Waals surface area contributed by atoms with Crippen LogP contribution in [0.5, 0.6) is 0 Å². The number of pyridine rings is 1. The summed E-state index contributed by atoms with van der Waals surface area (Å²) in [5, 5.41) is 7.69. The van der Waals surface area contributed by atoms with Crippen molar-refractivity contribution >= 4 is 33.5 Å². The number of nitrogens with zero attached hydrogens (tertiary/aromatic N) is 1. The highest BCUT2D eigenvalue weighted by atomic mass is 32.1. The van der Waals surface area contributed by atoms with E-state index in [4.69, 9.17) is 5.73 Å². The molecule has 2 aromatic heterocycles. The van der Waals surface area contributed by atoms with Gasteiger partial charge in [0.15, 0.2) is 0 Å². The summed E-state index contributed by atoms with van der Waals surface area (Å²) in [5.41, 5.74) is 8.87. The fourth-order valence-electron chi connectivity index (χ4n) is 2.12. The first kappa shape index (κ1) is 12.0. The van der Waals surface area contributed by atoms with Gasteiger partial charge in [0.05, 0.1) is 0 Å². The van der Waals surface area contributed by atoms with Crippen molar-refractivity contribution in [1.29, 1.82) is 0 Å². The van der Waals surface area contributed by atoms with Crippen molar-refractivity contribution in [3.63, 3.8) is 0 Å². The van der Waals surface area contributed by atoms with Crippen LogP contribution < -0.4 is 11.1 Å². The van der Waals surface area contributed by atoms with E-state index in [0.29, 0.717) is 0 Å². The molecule has 0 bridgehead atoms. The van der Waals surface area contributed by atoms with E-state index in [2.05, 4.69) is 33.9 Å². The molecule has 2 heterocycles. The summed E-state index contributed by atoms with van der Waals surface area (Å²) in [4.78, 5) is 5.63. The number of thiophene rings is 1. The molecule has 0 amide bonds. The van der Waals surface area contributed by atoms with Crippen molar-refractivity contribution < 1.29 is 0 Å². The summed E-state index contributed by atoms with van der Waals surface area (Å²) in [6, 6.07) is 10.2. The molecule has 0 spiro atoms. The molecule has 0 radical (unpaired) electrons. The Morgan fingerprint density at radius 2 is 2.16 bits per heavy atom. The minimum Gasteiger partial charge on any atom is -0.398 e. The lowest BCUT2D eigenvalue weighted by Crippen LogP contribution is -2.00. The molecular weight excluding hydrogens is 254 g/mol. The summed E-state index contributed by atoms with van der Waals surface area (Å²) < 4.78 is 0. The molecule has 0 saturated heterocycles. The van der Waals surface area contributed by atoms with Gasteiger partial charge < -0.3 is 11.1 Å². The minimum absolute atomic E-state index is 0.768. The second-order valence-electron chi connectivity index (χ2n) is 4.51. The van der Waals surface area contributed by atoms with Crippen molar-refractivity contribution in [2.24, 2.45) is 0 Å². The first-order valence-corrected chi connectivity index (χ1v) is 7.03. The molecule has 4 heteroatoms. The van der Waals surface area contributed by atoms with Crippen LogP contribution in [0.1, 0.15) is 10.6 Å². The van der Waals surface area contributed by atoms with Crippen LogP contribution in [0, 0.1) is 6.92 Å². The third kappa shape index (κ3) is 2.39. The van der Waals surface area contributed by atoms with E-state index >= 15 is 0 Å². The summed E-state index contributed by atoms with van der Waals surface area (Å²) >= 11 is 1.75. The van der Waals surface area contributed by atoms with Crippen LogP contribution in [0.3, 0.4) is 0 Å². The second-order valence-corrected chi connectivity index (χ2v) is 5.54. The molecule has 0 fully saturated rings. The number of rotatable bonds is 3. The van der Waals surface area contributed by atoms with Gasteiger partial charge >= 0.3 is 0 Å². The van der Waals surface area contributed by atoms with E-state index in [-0.39, 0.29) is 0 Å². The van der Waals surface area contributed by atoms with Gasteiger partial charge in [-0.15, -0.1) is 11.3 Å². The SMILES string of the molecule is Cc1cc2c(NCc3cccs3)ccc(N)c2cn1. The standard InChI is InChI=1S/C15H15N3S/c1-10-7-12-13(9-17-10)14(16)4-5-15(12)18-8-11-3-2-6-19-11/h2-7,9,18H,8,16H2,1H3. The fraction of sp³-hybridized carbons (Fsp3) is 0.133. The maximum absolute atomic E-state index is 6.00. The molecule has 3 N–H and O–H groups in total. The molecule has 0 saturated carbocycles. The van der Waals surface area contributed by atoms with E-state index in [1.807, 2.05) is 25.3 Å². The Morgan fingerprint density at radius 1 is 1.26 bits per heavy atom. The predicted octanol–water partition coefficient (Wildman–Crippen LogP) is 3.80. The van der Waals surface area contributed by atoms with Crippen molar-refractivity contribution in [1.82, 2.24) is 4.98 Å². The number of hydrogen-bond donors (Lipinski definition) is 2. The van der Waals surface area contributed by atoms with Crippen LogP contribution >= 0.6 is 11.3 Å². The minimum atomic E-state index is 0.768. The second kappa shape index (κ2) is 4.90. The molecule has 3 rings (SSSR count). The molecule has 0 unspecified atom stereocenters. The van der Waals surface area contributed by atoms with Gasteiger partial charge in [0, 0.05) is 45.5 Å². The number of nitrogen functional groups attached to an aromatic ring is 1. The van der Waals surface area contributed by atoms with Crippen molar-refractivity contribution in [2.45, 2.75) is 13.5 Å². The van der Waals surface area contributed by atoms with Gasteiger partial charge in [-0.2, -0.15) is 0 Å². The zero-order valence-electron chi connectivity index (χ0n) is 10.7. The molecule has 0 aliphatic rings. The van der Waals surface area contributed by atoms with E-state index in [9.17, 15) is 0 Å². The topological polar surface area (TPSA) is 50.9 Å². The van der Waals surface area contributed by atoms with Crippen LogP contribution in [-0.2, 0) is 6.54 Å². The van der Waals surface area contributed by atoms with Gasteiger partial charge in [0.1, 0.15) is 0 Å². The number of anilines is 2. The summed E-state index contributed by atoms with van der Waals surface area (Å²) in [6.07, 6.45) is 1.84. The fourth-order valence-corrected chi connectivity index (χ4v) is 2.76. The van der Waals surface area contributed by atoms with Crippen LogP contribution in [-0.4, -0.2) is 4.98 Å². The molecule has 0 atom stereocenters. The molecule has 3 nitrogen and oxygen atoms in total. The number of aromatic nitrogens is 1. The Bertz CT molecular complexity index is 705. The van der Waals surface area contributed by atoms with Gasteiger partial charge in [-0.1, -0.05) is 6.07 Å². The van der Waals surface area contributed by atoms with E-state index in [0.717, 1.165) is 34.4 Å². The Morgan fingerprint density at radius 3 is 2.95 bits per heavy atom. The van der Waals surface area contributed by atoms with Gasteiger partial charge in [-0.25, -0.2) is 0 Å². The Balaban J connectivity index is 1.98. The Hall–Kier alpha value is -2.07. The number of hydrogen-bond acceptors (Lipinski definition) is 4. The van der Waals surface area contributed by atoms with Gasteiger partial charge in [-0.05, 0) is 36.6 Å². The lowest BCUT2D eigenvalue weighted by atomic mass is 10.1. The Labute approximate surface area is 116 Å². The lowest BCUT2D eigenvalue weighted by molar-refractivity contribution is 1.19.